The summed E-state index contributed by atoms with van der Waals surface area (Å²) < 4.78 is 5.55. The Labute approximate surface area is 106 Å². The molecule has 5 nitrogen and oxygen atoms in total. The molecule has 0 aliphatic carbocycles. The minimum absolute atomic E-state index is 0.232. The molecule has 0 radical (unpaired) electrons. The average molecular weight is 248 g/mol. The van der Waals surface area contributed by atoms with Crippen molar-refractivity contribution in [1.82, 2.24) is 10.4 Å². The Hall–Kier alpha value is -1.88. The van der Waals surface area contributed by atoms with Crippen molar-refractivity contribution >= 4 is 11.8 Å². The Morgan fingerprint density at radius 2 is 2.00 bits per heavy atom. The van der Waals surface area contributed by atoms with Gasteiger partial charge in [-0.3, -0.25) is 20.0 Å². The molecule has 2 rings (SSSR count). The number of nitrogens with zero attached hydrogens (tertiary/aromatic N) is 1. The van der Waals surface area contributed by atoms with Gasteiger partial charge < -0.3 is 4.74 Å². The Kier molecular flexibility index (Phi) is 3.09. The Morgan fingerprint density at radius 3 is 2.56 bits per heavy atom. The van der Waals surface area contributed by atoms with Gasteiger partial charge in [-0.2, -0.15) is 0 Å². The number of rotatable bonds is 3. The second-order valence-corrected chi connectivity index (χ2v) is 4.55. The molecule has 18 heavy (non-hydrogen) atoms. The summed E-state index contributed by atoms with van der Waals surface area (Å²) in [5, 5.41) is 1.15. The van der Waals surface area contributed by atoms with Crippen LogP contribution in [0, 0.1) is 6.92 Å². The van der Waals surface area contributed by atoms with Crippen LogP contribution in [0.1, 0.15) is 18.1 Å². The first kappa shape index (κ1) is 12.6. The van der Waals surface area contributed by atoms with Crippen molar-refractivity contribution < 1.29 is 14.3 Å². The highest BCUT2D eigenvalue weighted by Gasteiger charge is 2.50. The van der Waals surface area contributed by atoms with Crippen molar-refractivity contribution in [2.24, 2.45) is 0 Å². The molecular weight excluding hydrogens is 232 g/mol. The average Bonchev–Trinajstić information content (AvgIpc) is 2.53. The number of hydrazine groups is 1. The number of ether oxygens (including phenoxy) is 1. The third-order valence-electron chi connectivity index (χ3n) is 3.19. The summed E-state index contributed by atoms with van der Waals surface area (Å²) in [6, 6.07) is 7.71. The standard InChI is InChI=1S/C13H16N2O3/c1-9-6-4-5-7-10(9)8-18-13(2)11(16)14-15(3)12(13)17/h4-7H,8H2,1-3H3,(H,14,16). The molecule has 1 saturated heterocycles. The quantitative estimate of drug-likeness (QED) is 0.804. The number of likely N-dealkylation sites (N-methyl/N-ethyl adjacent to an activating group) is 1. The number of hydrogen-bond donors (Lipinski definition) is 1. The second-order valence-electron chi connectivity index (χ2n) is 4.55. The first-order valence-corrected chi connectivity index (χ1v) is 5.73. The van der Waals surface area contributed by atoms with Gasteiger partial charge in [0.25, 0.3) is 11.8 Å². The zero-order chi connectivity index (χ0) is 13.3. The maximum atomic E-state index is 11.9. The maximum absolute atomic E-state index is 11.9. The molecule has 1 N–H and O–H groups in total. The van der Waals surface area contributed by atoms with Crippen LogP contribution < -0.4 is 5.43 Å². The number of amides is 2. The summed E-state index contributed by atoms with van der Waals surface area (Å²) in [7, 11) is 1.50. The van der Waals surface area contributed by atoms with Gasteiger partial charge in [0.1, 0.15) is 0 Å². The SMILES string of the molecule is Cc1ccccc1COC1(C)C(=O)NN(C)C1=O. The fourth-order valence-electron chi connectivity index (χ4n) is 1.85. The smallest absolute Gasteiger partial charge is 0.282 e. The lowest BCUT2D eigenvalue weighted by Crippen LogP contribution is -2.43. The number of aryl methyl sites for hydroxylation is 1. The Bertz CT molecular complexity index is 501. The van der Waals surface area contributed by atoms with Gasteiger partial charge in [0.05, 0.1) is 6.61 Å². The Balaban J connectivity index is 2.13. The minimum Gasteiger partial charge on any atom is -0.351 e. The van der Waals surface area contributed by atoms with Crippen LogP contribution in [0.25, 0.3) is 0 Å². The lowest BCUT2D eigenvalue weighted by atomic mass is 10.1. The van der Waals surface area contributed by atoms with Gasteiger partial charge >= 0.3 is 0 Å². The van der Waals surface area contributed by atoms with E-state index in [1.54, 1.807) is 0 Å². The number of benzene rings is 1. The molecule has 0 aromatic heterocycles. The molecule has 1 fully saturated rings. The second kappa shape index (κ2) is 4.42. The van der Waals surface area contributed by atoms with Gasteiger partial charge in [0.15, 0.2) is 0 Å². The van der Waals surface area contributed by atoms with E-state index in [0.717, 1.165) is 16.1 Å². The highest BCUT2D eigenvalue weighted by atomic mass is 16.5. The van der Waals surface area contributed by atoms with Crippen LogP contribution in [0.5, 0.6) is 0 Å². The molecule has 1 aliphatic heterocycles. The number of nitrogens with one attached hydrogen (secondary N) is 1. The molecule has 96 valence electrons. The van der Waals surface area contributed by atoms with Gasteiger partial charge in [-0.15, -0.1) is 0 Å². The summed E-state index contributed by atoms with van der Waals surface area (Å²) in [6.07, 6.45) is 0. The topological polar surface area (TPSA) is 58.6 Å². The first-order valence-electron chi connectivity index (χ1n) is 5.73. The molecule has 0 bridgehead atoms. The fraction of sp³-hybridized carbons (Fsp3) is 0.385. The van der Waals surface area contributed by atoms with E-state index in [1.165, 1.54) is 14.0 Å². The third-order valence-corrected chi connectivity index (χ3v) is 3.19. The van der Waals surface area contributed by atoms with Gasteiger partial charge in [-0.1, -0.05) is 24.3 Å². The van der Waals surface area contributed by atoms with E-state index in [-0.39, 0.29) is 12.5 Å². The van der Waals surface area contributed by atoms with Crippen molar-refractivity contribution in [1.29, 1.82) is 0 Å². The monoisotopic (exact) mass is 248 g/mol. The molecule has 1 aromatic carbocycles. The van der Waals surface area contributed by atoms with Gasteiger partial charge in [0, 0.05) is 7.05 Å². The van der Waals surface area contributed by atoms with Crippen LogP contribution >= 0.6 is 0 Å². The molecule has 1 heterocycles. The van der Waals surface area contributed by atoms with Crippen molar-refractivity contribution in [3.8, 4) is 0 Å². The van der Waals surface area contributed by atoms with E-state index < -0.39 is 11.5 Å². The summed E-state index contributed by atoms with van der Waals surface area (Å²) in [6.45, 7) is 3.69. The van der Waals surface area contributed by atoms with E-state index >= 15 is 0 Å². The predicted octanol–water partition coefficient (Wildman–Crippen LogP) is 0.774. The van der Waals surface area contributed by atoms with Gasteiger partial charge in [-0.25, -0.2) is 0 Å². The normalized spacial score (nSPS) is 23.4. The lowest BCUT2D eigenvalue weighted by molar-refractivity contribution is -0.154. The molecule has 0 saturated carbocycles. The van der Waals surface area contributed by atoms with Gasteiger partial charge in [-0.05, 0) is 25.0 Å². The fourth-order valence-corrected chi connectivity index (χ4v) is 1.85. The molecule has 1 unspecified atom stereocenters. The van der Waals surface area contributed by atoms with Crippen molar-refractivity contribution in [3.05, 3.63) is 35.4 Å². The highest BCUT2D eigenvalue weighted by molar-refractivity contribution is 6.12. The van der Waals surface area contributed by atoms with Crippen LogP contribution in [-0.2, 0) is 20.9 Å². The number of hydrogen-bond acceptors (Lipinski definition) is 3. The molecule has 1 aromatic rings. The largest absolute Gasteiger partial charge is 0.351 e. The number of carbonyl (C=O) groups excluding carboxylic acids is 2. The molecule has 2 amide bonds. The Morgan fingerprint density at radius 1 is 1.33 bits per heavy atom. The van der Waals surface area contributed by atoms with Gasteiger partial charge in [0.2, 0.25) is 5.60 Å². The van der Waals surface area contributed by atoms with E-state index in [4.69, 9.17) is 4.74 Å². The van der Waals surface area contributed by atoms with Crippen LogP contribution in [-0.4, -0.2) is 29.5 Å². The van der Waals surface area contributed by atoms with E-state index in [0.29, 0.717) is 0 Å². The number of carbonyl (C=O) groups is 2. The predicted molar refractivity (Wildman–Crippen MR) is 65.3 cm³/mol. The zero-order valence-electron chi connectivity index (χ0n) is 10.7. The summed E-state index contributed by atoms with van der Waals surface area (Å²) in [5.41, 5.74) is 3.03. The first-order chi connectivity index (χ1) is 8.45. The molecule has 0 spiro atoms. The third kappa shape index (κ3) is 1.97. The zero-order valence-corrected chi connectivity index (χ0v) is 10.7. The summed E-state index contributed by atoms with van der Waals surface area (Å²) in [5.74, 6) is -0.801. The highest BCUT2D eigenvalue weighted by Crippen LogP contribution is 2.22. The maximum Gasteiger partial charge on any atom is 0.282 e. The minimum atomic E-state index is -1.43. The van der Waals surface area contributed by atoms with Crippen LogP contribution in [0.3, 0.4) is 0 Å². The summed E-state index contributed by atoms with van der Waals surface area (Å²) >= 11 is 0. The molecule has 5 heteroatoms. The van der Waals surface area contributed by atoms with Crippen molar-refractivity contribution in [2.75, 3.05) is 7.05 Å². The van der Waals surface area contributed by atoms with Crippen LogP contribution in [0.15, 0.2) is 24.3 Å². The van der Waals surface area contributed by atoms with Crippen LogP contribution in [0.4, 0.5) is 0 Å². The van der Waals surface area contributed by atoms with Crippen molar-refractivity contribution in [2.45, 2.75) is 26.1 Å². The van der Waals surface area contributed by atoms with E-state index in [2.05, 4.69) is 5.43 Å². The van der Waals surface area contributed by atoms with Crippen LogP contribution in [0.2, 0.25) is 0 Å². The molecule has 1 aliphatic rings. The lowest BCUT2D eigenvalue weighted by Gasteiger charge is -2.19. The molecular formula is C13H16N2O3. The van der Waals surface area contributed by atoms with E-state index in [9.17, 15) is 9.59 Å². The molecule has 1 atom stereocenters. The van der Waals surface area contributed by atoms with E-state index in [1.807, 2.05) is 31.2 Å². The van der Waals surface area contributed by atoms with Crippen molar-refractivity contribution in [3.63, 3.8) is 0 Å². The summed E-state index contributed by atoms with van der Waals surface area (Å²) in [4.78, 5) is 23.6.